The molecule has 0 N–H and O–H groups in total. The molecule has 1 aliphatic heterocycles. The maximum atomic E-state index is 11.6. The highest BCUT2D eigenvalue weighted by Gasteiger charge is 2.24. The number of rotatable bonds is 3. The number of nitrogens with zero attached hydrogens (tertiary/aromatic N) is 2. The molecular formula is C16H23ClN2O. The van der Waals surface area contributed by atoms with Gasteiger partial charge in [-0.3, -0.25) is 9.69 Å². The van der Waals surface area contributed by atoms with E-state index in [1.54, 1.807) is 0 Å². The number of hydrogen-bond acceptors (Lipinski definition) is 2. The zero-order valence-corrected chi connectivity index (χ0v) is 13.3. The molecule has 2 rings (SSSR count). The van der Waals surface area contributed by atoms with Crippen molar-refractivity contribution in [3.05, 3.63) is 34.9 Å². The average Bonchev–Trinajstić information content (AvgIpc) is 2.48. The molecule has 20 heavy (non-hydrogen) atoms. The molecule has 1 saturated heterocycles. The summed E-state index contributed by atoms with van der Waals surface area (Å²) in [6.07, 6.45) is 0. The van der Waals surface area contributed by atoms with Crippen molar-refractivity contribution in [2.75, 3.05) is 32.1 Å². The Balaban J connectivity index is 1.99. The molecule has 1 amide bonds. The normalized spacial score (nSPS) is 18.1. The Morgan fingerprint density at radius 2 is 1.85 bits per heavy atom. The zero-order chi connectivity index (χ0) is 14.7. The number of amides is 1. The standard InChI is InChI=1S/C16H23ClN2O/c1-12-4-5-15(10-13(12)2)14(3)18-6-8-19(9-7-18)16(20)11-17/h4-5,10,14H,6-9,11H2,1-3H3/t14-/m0/s1. The summed E-state index contributed by atoms with van der Waals surface area (Å²) < 4.78 is 0. The Morgan fingerprint density at radius 3 is 2.40 bits per heavy atom. The monoisotopic (exact) mass is 294 g/mol. The van der Waals surface area contributed by atoms with Crippen molar-refractivity contribution in [3.63, 3.8) is 0 Å². The van der Waals surface area contributed by atoms with E-state index in [1.807, 2.05) is 4.90 Å². The maximum absolute atomic E-state index is 11.6. The Bertz CT molecular complexity index is 481. The SMILES string of the molecule is Cc1ccc([C@H](C)N2CCN(C(=O)CCl)CC2)cc1C. The van der Waals surface area contributed by atoms with E-state index in [-0.39, 0.29) is 11.8 Å². The summed E-state index contributed by atoms with van der Waals surface area (Å²) in [6, 6.07) is 7.07. The molecule has 1 atom stereocenters. The number of piperazine rings is 1. The van der Waals surface area contributed by atoms with Crippen molar-refractivity contribution < 1.29 is 4.79 Å². The third-order valence-electron chi connectivity index (χ3n) is 4.34. The van der Waals surface area contributed by atoms with Crippen LogP contribution < -0.4 is 0 Å². The first-order valence-electron chi connectivity index (χ1n) is 7.18. The van der Waals surface area contributed by atoms with Crippen LogP contribution >= 0.6 is 11.6 Å². The highest BCUT2D eigenvalue weighted by Crippen LogP contribution is 2.23. The molecule has 1 heterocycles. The van der Waals surface area contributed by atoms with Gasteiger partial charge in [0.15, 0.2) is 0 Å². The second-order valence-corrected chi connectivity index (χ2v) is 5.84. The molecule has 0 bridgehead atoms. The summed E-state index contributed by atoms with van der Waals surface area (Å²) in [6.45, 7) is 9.92. The lowest BCUT2D eigenvalue weighted by Crippen LogP contribution is -2.49. The van der Waals surface area contributed by atoms with Gasteiger partial charge in [0.2, 0.25) is 5.91 Å². The third kappa shape index (κ3) is 3.33. The molecule has 1 aromatic carbocycles. The number of alkyl halides is 1. The van der Waals surface area contributed by atoms with Crippen molar-refractivity contribution in [2.45, 2.75) is 26.8 Å². The van der Waals surface area contributed by atoms with Gasteiger partial charge in [-0.2, -0.15) is 0 Å². The molecule has 0 spiro atoms. The second-order valence-electron chi connectivity index (χ2n) is 5.57. The Kier molecular flexibility index (Phi) is 5.06. The fourth-order valence-electron chi connectivity index (χ4n) is 2.68. The van der Waals surface area contributed by atoms with E-state index < -0.39 is 0 Å². The summed E-state index contributed by atoms with van der Waals surface area (Å²) in [7, 11) is 0. The fraction of sp³-hybridized carbons (Fsp3) is 0.562. The van der Waals surface area contributed by atoms with E-state index >= 15 is 0 Å². The van der Waals surface area contributed by atoms with Gasteiger partial charge in [0.25, 0.3) is 0 Å². The lowest BCUT2D eigenvalue weighted by molar-refractivity contribution is -0.130. The topological polar surface area (TPSA) is 23.6 Å². The van der Waals surface area contributed by atoms with E-state index in [0.29, 0.717) is 6.04 Å². The highest BCUT2D eigenvalue weighted by molar-refractivity contribution is 6.27. The molecule has 3 nitrogen and oxygen atoms in total. The van der Waals surface area contributed by atoms with Gasteiger partial charge in [-0.15, -0.1) is 11.6 Å². The van der Waals surface area contributed by atoms with Crippen LogP contribution in [0.25, 0.3) is 0 Å². The Hall–Kier alpha value is -1.06. The average molecular weight is 295 g/mol. The van der Waals surface area contributed by atoms with Crippen LogP contribution in [0, 0.1) is 13.8 Å². The number of hydrogen-bond donors (Lipinski definition) is 0. The minimum absolute atomic E-state index is 0.0464. The number of benzene rings is 1. The third-order valence-corrected chi connectivity index (χ3v) is 4.57. The van der Waals surface area contributed by atoms with Crippen LogP contribution in [0.5, 0.6) is 0 Å². The molecule has 0 unspecified atom stereocenters. The van der Waals surface area contributed by atoms with Crippen LogP contribution in [-0.4, -0.2) is 47.8 Å². The van der Waals surface area contributed by atoms with Crippen LogP contribution in [-0.2, 0) is 4.79 Å². The molecule has 0 aromatic heterocycles. The number of halogens is 1. The number of carbonyl (C=O) groups is 1. The van der Waals surface area contributed by atoms with Gasteiger partial charge in [0, 0.05) is 32.2 Å². The van der Waals surface area contributed by atoms with Crippen LogP contribution in [0.2, 0.25) is 0 Å². The van der Waals surface area contributed by atoms with E-state index in [0.717, 1.165) is 26.2 Å². The predicted molar refractivity (Wildman–Crippen MR) is 83.2 cm³/mol. The van der Waals surface area contributed by atoms with Gasteiger partial charge < -0.3 is 4.90 Å². The van der Waals surface area contributed by atoms with Crippen LogP contribution in [0.3, 0.4) is 0 Å². The molecule has 0 saturated carbocycles. The van der Waals surface area contributed by atoms with Gasteiger partial charge in [-0.25, -0.2) is 0 Å². The molecule has 1 fully saturated rings. The lowest BCUT2D eigenvalue weighted by atomic mass is 10.0. The minimum atomic E-state index is 0.0464. The number of carbonyl (C=O) groups excluding carboxylic acids is 1. The van der Waals surface area contributed by atoms with E-state index in [9.17, 15) is 4.79 Å². The van der Waals surface area contributed by atoms with Crippen molar-refractivity contribution in [1.29, 1.82) is 0 Å². The molecule has 110 valence electrons. The first-order valence-corrected chi connectivity index (χ1v) is 7.71. The van der Waals surface area contributed by atoms with Crippen molar-refractivity contribution in [1.82, 2.24) is 9.80 Å². The van der Waals surface area contributed by atoms with Gasteiger partial charge in [-0.05, 0) is 37.5 Å². The van der Waals surface area contributed by atoms with Crippen molar-refractivity contribution >= 4 is 17.5 Å². The van der Waals surface area contributed by atoms with Gasteiger partial charge in [0.1, 0.15) is 5.88 Å². The smallest absolute Gasteiger partial charge is 0.237 e. The largest absolute Gasteiger partial charge is 0.339 e. The minimum Gasteiger partial charge on any atom is -0.339 e. The van der Waals surface area contributed by atoms with Crippen LogP contribution in [0.15, 0.2) is 18.2 Å². The van der Waals surface area contributed by atoms with Crippen LogP contribution in [0.4, 0.5) is 0 Å². The molecular weight excluding hydrogens is 272 g/mol. The first kappa shape index (κ1) is 15.3. The molecule has 1 aliphatic rings. The van der Waals surface area contributed by atoms with Crippen molar-refractivity contribution in [2.24, 2.45) is 0 Å². The quantitative estimate of drug-likeness (QED) is 0.800. The van der Waals surface area contributed by atoms with E-state index in [1.165, 1.54) is 16.7 Å². The molecule has 0 aliphatic carbocycles. The predicted octanol–water partition coefficient (Wildman–Crippen LogP) is 2.75. The fourth-order valence-corrected chi connectivity index (χ4v) is 2.85. The molecule has 1 aromatic rings. The van der Waals surface area contributed by atoms with Gasteiger partial charge in [-0.1, -0.05) is 18.2 Å². The zero-order valence-electron chi connectivity index (χ0n) is 12.5. The molecule has 0 radical (unpaired) electrons. The van der Waals surface area contributed by atoms with Gasteiger partial charge >= 0.3 is 0 Å². The molecule has 4 heteroatoms. The summed E-state index contributed by atoms with van der Waals surface area (Å²) in [5.74, 6) is 0.136. The maximum Gasteiger partial charge on any atom is 0.237 e. The second kappa shape index (κ2) is 6.59. The number of aryl methyl sites for hydroxylation is 2. The van der Waals surface area contributed by atoms with Crippen molar-refractivity contribution in [3.8, 4) is 0 Å². The summed E-state index contributed by atoms with van der Waals surface area (Å²) in [5.41, 5.74) is 4.02. The van der Waals surface area contributed by atoms with E-state index in [2.05, 4.69) is 43.9 Å². The lowest BCUT2D eigenvalue weighted by Gasteiger charge is -2.38. The highest BCUT2D eigenvalue weighted by atomic mass is 35.5. The van der Waals surface area contributed by atoms with Gasteiger partial charge in [0.05, 0.1) is 0 Å². The van der Waals surface area contributed by atoms with E-state index in [4.69, 9.17) is 11.6 Å². The first-order chi connectivity index (χ1) is 9.52. The Morgan fingerprint density at radius 1 is 1.20 bits per heavy atom. The summed E-state index contributed by atoms with van der Waals surface area (Å²) >= 11 is 5.61. The Labute approximate surface area is 126 Å². The summed E-state index contributed by atoms with van der Waals surface area (Å²) in [5, 5.41) is 0. The summed E-state index contributed by atoms with van der Waals surface area (Å²) in [4.78, 5) is 15.9. The van der Waals surface area contributed by atoms with Crippen LogP contribution in [0.1, 0.15) is 29.7 Å².